The van der Waals surface area contributed by atoms with Gasteiger partial charge in [-0.05, 0) is 82.6 Å². The highest BCUT2D eigenvalue weighted by atomic mass is 16.7. The van der Waals surface area contributed by atoms with Crippen molar-refractivity contribution in [3.05, 3.63) is 69.5 Å². The van der Waals surface area contributed by atoms with Gasteiger partial charge < -0.3 is 33.6 Å². The van der Waals surface area contributed by atoms with Gasteiger partial charge in [-0.15, -0.1) is 5.10 Å². The van der Waals surface area contributed by atoms with E-state index in [0.29, 0.717) is 73.2 Å². The summed E-state index contributed by atoms with van der Waals surface area (Å²) in [5.41, 5.74) is 2.86. The maximum Gasteiger partial charge on any atom is 0.412 e. The Kier molecular flexibility index (Phi) is 13.1. The minimum absolute atomic E-state index is 0.000681. The first-order chi connectivity index (χ1) is 29.7. The van der Waals surface area contributed by atoms with Gasteiger partial charge >= 0.3 is 12.1 Å². The smallest absolute Gasteiger partial charge is 0.412 e. The lowest BCUT2D eigenvalue weighted by Crippen LogP contribution is -2.55. The molecule has 3 aliphatic rings. The number of anilines is 1. The molecule has 0 unspecified atom stereocenters. The molecule has 1 spiro atoms. The molecule has 19 heteroatoms. The monoisotopic (exact) mass is 856 g/mol. The van der Waals surface area contributed by atoms with Gasteiger partial charge in [-0.1, -0.05) is 23.4 Å². The van der Waals surface area contributed by atoms with Crippen molar-refractivity contribution in [1.29, 1.82) is 0 Å². The molecule has 332 valence electrons. The SMILES string of the molecule is COc1cc2c(cc1OC)C1(CCC(C(=O)N3CCN(c4ncnc5c4nnn5Cc4ccccc4[N+](=O)[O-])CC3)CC1)N(CCCN(C)C(=O)OCOC(=O)C(C)(C)C)CC2. The lowest BCUT2D eigenvalue weighted by molar-refractivity contribution is -0.385. The van der Waals surface area contributed by atoms with Crippen LogP contribution in [0, 0.1) is 21.4 Å². The molecule has 7 rings (SSSR count). The van der Waals surface area contributed by atoms with Crippen LogP contribution >= 0.6 is 0 Å². The highest BCUT2D eigenvalue weighted by Gasteiger charge is 2.47. The van der Waals surface area contributed by atoms with Crippen LogP contribution in [0.2, 0.25) is 0 Å². The summed E-state index contributed by atoms with van der Waals surface area (Å²) >= 11 is 0. The summed E-state index contributed by atoms with van der Waals surface area (Å²) in [6.07, 6.45) is 5.41. The topological polar surface area (TPSA) is 201 Å². The van der Waals surface area contributed by atoms with Gasteiger partial charge in [0.05, 0.1) is 36.7 Å². The molecule has 62 heavy (non-hydrogen) atoms. The number of carbonyl (C=O) groups excluding carboxylic acids is 3. The van der Waals surface area contributed by atoms with E-state index in [1.807, 2.05) is 4.90 Å². The highest BCUT2D eigenvalue weighted by Crippen LogP contribution is 2.50. The van der Waals surface area contributed by atoms with E-state index in [4.69, 9.17) is 18.9 Å². The van der Waals surface area contributed by atoms with Gasteiger partial charge in [-0.25, -0.2) is 19.4 Å². The van der Waals surface area contributed by atoms with Crippen LogP contribution in [-0.4, -0.2) is 136 Å². The maximum atomic E-state index is 14.2. The second-order valence-corrected chi connectivity index (χ2v) is 17.2. The van der Waals surface area contributed by atoms with E-state index in [2.05, 4.69) is 42.2 Å². The van der Waals surface area contributed by atoms with Crippen LogP contribution in [-0.2, 0) is 37.6 Å². The molecule has 1 saturated carbocycles. The van der Waals surface area contributed by atoms with Crippen LogP contribution in [0.5, 0.6) is 11.5 Å². The summed E-state index contributed by atoms with van der Waals surface area (Å²) in [6.45, 7) is 9.04. The second kappa shape index (κ2) is 18.5. The van der Waals surface area contributed by atoms with Crippen LogP contribution < -0.4 is 14.4 Å². The van der Waals surface area contributed by atoms with E-state index in [9.17, 15) is 24.5 Å². The summed E-state index contributed by atoms with van der Waals surface area (Å²) < 4.78 is 23.3. The molecule has 0 bridgehead atoms. The van der Waals surface area contributed by atoms with Crippen LogP contribution in [0.1, 0.15) is 69.6 Å². The number of aromatic nitrogens is 5. The molecule has 1 saturated heterocycles. The van der Waals surface area contributed by atoms with E-state index in [-0.39, 0.29) is 29.6 Å². The average Bonchev–Trinajstić information content (AvgIpc) is 3.69. The molecule has 2 aromatic heterocycles. The predicted molar refractivity (Wildman–Crippen MR) is 227 cm³/mol. The Morgan fingerprint density at radius 2 is 1.68 bits per heavy atom. The molecular weight excluding hydrogens is 801 g/mol. The Morgan fingerprint density at radius 1 is 0.968 bits per heavy atom. The molecule has 2 aliphatic heterocycles. The first-order valence-electron chi connectivity index (χ1n) is 21.1. The fourth-order valence-electron chi connectivity index (χ4n) is 9.00. The van der Waals surface area contributed by atoms with E-state index in [1.54, 1.807) is 64.9 Å². The van der Waals surface area contributed by atoms with Crippen molar-refractivity contribution < 1.29 is 38.3 Å². The van der Waals surface area contributed by atoms with Gasteiger partial charge in [0.15, 0.2) is 28.5 Å². The van der Waals surface area contributed by atoms with Crippen molar-refractivity contribution >= 4 is 40.6 Å². The lowest BCUT2D eigenvalue weighted by atomic mass is 9.68. The third-order valence-electron chi connectivity index (χ3n) is 12.4. The quantitative estimate of drug-likeness (QED) is 0.0769. The number of para-hydroxylation sites is 1. The molecular formula is C43H56N10O9. The van der Waals surface area contributed by atoms with Gasteiger partial charge in [-0.2, -0.15) is 0 Å². The van der Waals surface area contributed by atoms with Crippen molar-refractivity contribution in [1.82, 2.24) is 39.7 Å². The number of piperazine rings is 1. The first-order valence-corrected chi connectivity index (χ1v) is 21.1. The number of nitro groups is 1. The van der Waals surface area contributed by atoms with Crippen molar-refractivity contribution in [2.24, 2.45) is 11.3 Å². The van der Waals surface area contributed by atoms with Crippen molar-refractivity contribution in [3.63, 3.8) is 0 Å². The number of ether oxygens (including phenoxy) is 4. The van der Waals surface area contributed by atoms with Crippen molar-refractivity contribution in [2.75, 3.05) is 78.8 Å². The Hall–Kier alpha value is -6.11. The summed E-state index contributed by atoms with van der Waals surface area (Å²) in [5, 5.41) is 20.3. The van der Waals surface area contributed by atoms with Gasteiger partial charge in [0, 0.05) is 70.4 Å². The fourth-order valence-corrected chi connectivity index (χ4v) is 9.00. The van der Waals surface area contributed by atoms with Gasteiger partial charge in [-0.3, -0.25) is 24.6 Å². The summed E-state index contributed by atoms with van der Waals surface area (Å²) in [5.74, 6) is 1.56. The highest BCUT2D eigenvalue weighted by molar-refractivity contribution is 5.83. The summed E-state index contributed by atoms with van der Waals surface area (Å²) in [4.78, 5) is 67.2. The van der Waals surface area contributed by atoms with Gasteiger partial charge in [0.2, 0.25) is 12.7 Å². The molecule has 0 atom stereocenters. The Labute approximate surface area is 360 Å². The molecule has 2 fully saturated rings. The molecule has 2 aromatic carbocycles. The van der Waals surface area contributed by atoms with Crippen molar-refractivity contribution in [3.8, 4) is 11.5 Å². The zero-order chi connectivity index (χ0) is 44.2. The average molecular weight is 857 g/mol. The second-order valence-electron chi connectivity index (χ2n) is 17.2. The Morgan fingerprint density at radius 3 is 2.37 bits per heavy atom. The standard InChI is InChI=1S/C43H56N10O9/c1-42(2,3)40(55)61-28-62-41(56)48(4)17-9-18-51-19-14-30-24-34(59-5)35(60-6)25-32(30)43(51)15-12-29(13-16-43)39(54)50-22-20-49(21-23-50)37-36-38(45-27-44-37)52(47-46-36)26-31-10-7-8-11-33(31)53(57)58/h7-8,10-11,24-25,27,29H,9,12-23,26,28H2,1-6H3. The summed E-state index contributed by atoms with van der Waals surface area (Å²) in [7, 11) is 4.96. The number of esters is 1. The lowest BCUT2D eigenvalue weighted by Gasteiger charge is -2.52. The molecule has 0 N–H and O–H groups in total. The molecule has 19 nitrogen and oxygen atoms in total. The number of benzene rings is 2. The van der Waals surface area contributed by atoms with E-state index >= 15 is 0 Å². The number of amides is 2. The number of hydrogen-bond donors (Lipinski definition) is 0. The number of rotatable bonds is 13. The van der Waals surface area contributed by atoms with Crippen LogP contribution in [0.25, 0.3) is 11.2 Å². The van der Waals surface area contributed by atoms with Crippen LogP contribution in [0.3, 0.4) is 0 Å². The van der Waals surface area contributed by atoms with Gasteiger partial charge in [0.1, 0.15) is 6.33 Å². The molecule has 4 aromatic rings. The normalized spacial score (nSPS) is 19.2. The number of fused-ring (bicyclic) bond motifs is 3. The number of nitrogens with zero attached hydrogens (tertiary/aromatic N) is 10. The van der Waals surface area contributed by atoms with E-state index < -0.39 is 29.2 Å². The van der Waals surface area contributed by atoms with E-state index in [1.165, 1.54) is 28.4 Å². The van der Waals surface area contributed by atoms with Crippen LogP contribution in [0.4, 0.5) is 16.3 Å². The Bertz CT molecular complexity index is 2280. The summed E-state index contributed by atoms with van der Waals surface area (Å²) in [6, 6.07) is 10.7. The number of methoxy groups -OCH3 is 2. The van der Waals surface area contributed by atoms with Crippen molar-refractivity contribution in [2.45, 2.75) is 71.4 Å². The number of hydrogen-bond acceptors (Lipinski definition) is 15. The predicted octanol–water partition coefficient (Wildman–Crippen LogP) is 4.79. The third-order valence-corrected chi connectivity index (χ3v) is 12.4. The minimum Gasteiger partial charge on any atom is -0.493 e. The van der Waals surface area contributed by atoms with Crippen LogP contribution in [0.15, 0.2) is 42.7 Å². The molecule has 2 amide bonds. The zero-order valence-corrected chi connectivity index (χ0v) is 36.4. The number of carbonyl (C=O) groups is 3. The van der Waals surface area contributed by atoms with E-state index in [0.717, 1.165) is 45.2 Å². The number of nitro benzene ring substituents is 1. The zero-order valence-electron chi connectivity index (χ0n) is 36.4. The van der Waals surface area contributed by atoms with Gasteiger partial charge in [0.25, 0.3) is 5.69 Å². The largest absolute Gasteiger partial charge is 0.493 e. The minimum atomic E-state index is -0.696. The third kappa shape index (κ3) is 9.07. The maximum absolute atomic E-state index is 14.2. The first kappa shape index (κ1) is 44.0. The molecule has 1 aliphatic carbocycles. The molecule has 4 heterocycles. The fraction of sp³-hybridized carbons (Fsp3) is 0.558. The molecule has 0 radical (unpaired) electrons. The Balaban J connectivity index is 0.985.